The normalized spacial score (nSPS) is 39.1. The second-order valence-electron chi connectivity index (χ2n) is 4.45. The summed E-state index contributed by atoms with van der Waals surface area (Å²) >= 11 is 0. The van der Waals surface area contributed by atoms with E-state index in [4.69, 9.17) is 0 Å². The van der Waals surface area contributed by atoms with Crippen molar-refractivity contribution in [1.29, 1.82) is 0 Å². The second-order valence-corrected chi connectivity index (χ2v) is 4.45. The van der Waals surface area contributed by atoms with Crippen molar-refractivity contribution >= 4 is 11.9 Å². The predicted octanol–water partition coefficient (Wildman–Crippen LogP) is -0.610. The SMILES string of the molecule is O=C1NCCC2CC3CN(C(=O)N3O)C12. The number of hydroxylamine groups is 2. The van der Waals surface area contributed by atoms with Gasteiger partial charge in [-0.05, 0) is 18.8 Å². The minimum Gasteiger partial charge on any atom is -0.354 e. The molecule has 2 N–H and O–H groups in total. The van der Waals surface area contributed by atoms with E-state index in [1.54, 1.807) is 0 Å². The Morgan fingerprint density at radius 2 is 2.20 bits per heavy atom. The van der Waals surface area contributed by atoms with Gasteiger partial charge < -0.3 is 10.2 Å². The highest BCUT2D eigenvalue weighted by Gasteiger charge is 2.52. The van der Waals surface area contributed by atoms with Crippen LogP contribution in [-0.4, -0.2) is 52.3 Å². The van der Waals surface area contributed by atoms with Crippen molar-refractivity contribution in [2.75, 3.05) is 13.1 Å². The van der Waals surface area contributed by atoms with E-state index in [2.05, 4.69) is 5.32 Å². The molecule has 0 aromatic rings. The molecule has 0 spiro atoms. The topological polar surface area (TPSA) is 72.9 Å². The zero-order valence-corrected chi connectivity index (χ0v) is 8.22. The van der Waals surface area contributed by atoms with Crippen LogP contribution in [0.5, 0.6) is 0 Å². The number of nitrogens with zero attached hydrogens (tertiary/aromatic N) is 2. The highest BCUT2D eigenvalue weighted by Crippen LogP contribution is 2.35. The first-order chi connectivity index (χ1) is 7.18. The van der Waals surface area contributed by atoms with Gasteiger partial charge in [0.05, 0.1) is 6.04 Å². The third-order valence-electron chi connectivity index (χ3n) is 3.64. The maximum absolute atomic E-state index is 11.7. The molecule has 0 aromatic heterocycles. The van der Waals surface area contributed by atoms with E-state index in [0.29, 0.717) is 13.1 Å². The number of piperidine rings is 2. The minimum absolute atomic E-state index is 0.0756. The summed E-state index contributed by atoms with van der Waals surface area (Å²) in [5, 5.41) is 13.1. The first kappa shape index (κ1) is 8.96. The molecule has 3 unspecified atom stereocenters. The van der Waals surface area contributed by atoms with Crippen molar-refractivity contribution in [1.82, 2.24) is 15.3 Å². The number of carbonyl (C=O) groups excluding carboxylic acids is 2. The molecule has 0 aliphatic carbocycles. The summed E-state index contributed by atoms with van der Waals surface area (Å²) < 4.78 is 0. The first-order valence-electron chi connectivity index (χ1n) is 5.25. The summed E-state index contributed by atoms with van der Waals surface area (Å²) in [5.41, 5.74) is 0. The number of hydrogen-bond acceptors (Lipinski definition) is 3. The van der Waals surface area contributed by atoms with Gasteiger partial charge in [-0.1, -0.05) is 0 Å². The predicted molar refractivity (Wildman–Crippen MR) is 49.0 cm³/mol. The highest BCUT2D eigenvalue weighted by molar-refractivity contribution is 5.89. The average Bonchev–Trinajstić information content (AvgIpc) is 2.44. The number of urea groups is 1. The van der Waals surface area contributed by atoms with Gasteiger partial charge in [-0.15, -0.1) is 0 Å². The Morgan fingerprint density at radius 3 is 3.00 bits per heavy atom. The van der Waals surface area contributed by atoms with Crippen molar-refractivity contribution in [2.45, 2.75) is 24.9 Å². The lowest BCUT2D eigenvalue weighted by Gasteiger charge is -2.39. The fourth-order valence-corrected chi connectivity index (χ4v) is 2.93. The molecule has 15 heavy (non-hydrogen) atoms. The van der Waals surface area contributed by atoms with Crippen LogP contribution in [0, 0.1) is 5.92 Å². The van der Waals surface area contributed by atoms with Gasteiger partial charge >= 0.3 is 6.03 Å². The summed E-state index contributed by atoms with van der Waals surface area (Å²) in [6.45, 7) is 1.16. The molecule has 0 radical (unpaired) electrons. The van der Waals surface area contributed by atoms with Gasteiger partial charge in [0.15, 0.2) is 0 Å². The van der Waals surface area contributed by atoms with Crippen LogP contribution >= 0.6 is 0 Å². The van der Waals surface area contributed by atoms with Crippen LogP contribution in [0.1, 0.15) is 12.8 Å². The first-order valence-corrected chi connectivity index (χ1v) is 5.25. The highest BCUT2D eigenvalue weighted by atomic mass is 16.5. The van der Waals surface area contributed by atoms with Crippen LogP contribution in [0.4, 0.5) is 4.79 Å². The van der Waals surface area contributed by atoms with E-state index in [1.165, 1.54) is 4.90 Å². The fourth-order valence-electron chi connectivity index (χ4n) is 2.93. The van der Waals surface area contributed by atoms with E-state index in [1.807, 2.05) is 0 Å². The van der Waals surface area contributed by atoms with Crippen LogP contribution < -0.4 is 5.32 Å². The van der Waals surface area contributed by atoms with Gasteiger partial charge in [-0.3, -0.25) is 10.0 Å². The Balaban J connectivity index is 1.94. The maximum Gasteiger partial charge on any atom is 0.344 e. The van der Waals surface area contributed by atoms with Crippen LogP contribution in [0.15, 0.2) is 0 Å². The number of fused-ring (bicyclic) bond motifs is 4. The van der Waals surface area contributed by atoms with Gasteiger partial charge in [0.25, 0.3) is 0 Å². The minimum atomic E-state index is -0.426. The van der Waals surface area contributed by atoms with Crippen LogP contribution in [-0.2, 0) is 4.79 Å². The van der Waals surface area contributed by atoms with Crippen molar-refractivity contribution in [3.63, 3.8) is 0 Å². The van der Waals surface area contributed by atoms with E-state index >= 15 is 0 Å². The van der Waals surface area contributed by atoms with Gasteiger partial charge in [0, 0.05) is 13.1 Å². The Bertz CT molecular complexity index is 333. The van der Waals surface area contributed by atoms with Gasteiger partial charge in [0.1, 0.15) is 6.04 Å². The molecule has 6 heteroatoms. The quantitative estimate of drug-likeness (QED) is 0.525. The smallest absolute Gasteiger partial charge is 0.344 e. The molecule has 3 aliphatic heterocycles. The molecule has 0 aromatic carbocycles. The summed E-state index contributed by atoms with van der Waals surface area (Å²) in [6, 6.07) is -0.908. The average molecular weight is 211 g/mol. The molecule has 3 aliphatic rings. The second kappa shape index (κ2) is 2.85. The Morgan fingerprint density at radius 1 is 1.40 bits per heavy atom. The molecule has 3 saturated heterocycles. The zero-order chi connectivity index (χ0) is 10.6. The van der Waals surface area contributed by atoms with E-state index < -0.39 is 6.03 Å². The molecule has 3 rings (SSSR count). The number of carbonyl (C=O) groups is 2. The molecule has 3 amide bonds. The summed E-state index contributed by atoms with van der Waals surface area (Å²) in [6.07, 6.45) is 1.63. The molecule has 3 heterocycles. The van der Waals surface area contributed by atoms with Gasteiger partial charge in [-0.25, -0.2) is 9.86 Å². The van der Waals surface area contributed by atoms with Crippen LogP contribution in [0.25, 0.3) is 0 Å². The van der Waals surface area contributed by atoms with Gasteiger partial charge in [-0.2, -0.15) is 0 Å². The Labute approximate surface area is 86.8 Å². The summed E-state index contributed by atoms with van der Waals surface area (Å²) in [4.78, 5) is 24.8. The third kappa shape index (κ3) is 1.08. The zero-order valence-electron chi connectivity index (χ0n) is 8.22. The summed E-state index contributed by atoms with van der Waals surface area (Å²) in [7, 11) is 0. The van der Waals surface area contributed by atoms with Crippen molar-refractivity contribution in [2.24, 2.45) is 5.92 Å². The number of nitrogens with one attached hydrogen (secondary N) is 1. The lowest BCUT2D eigenvalue weighted by atomic mass is 9.83. The Kier molecular flexibility index (Phi) is 1.70. The molecule has 82 valence electrons. The molecular formula is C9H13N3O3. The van der Waals surface area contributed by atoms with Crippen molar-refractivity contribution in [3.05, 3.63) is 0 Å². The lowest BCUT2D eigenvalue weighted by molar-refractivity contribution is -0.130. The van der Waals surface area contributed by atoms with Crippen LogP contribution in [0.3, 0.4) is 0 Å². The largest absolute Gasteiger partial charge is 0.354 e. The van der Waals surface area contributed by atoms with E-state index in [9.17, 15) is 14.8 Å². The van der Waals surface area contributed by atoms with Crippen molar-refractivity contribution in [3.8, 4) is 0 Å². The van der Waals surface area contributed by atoms with E-state index in [0.717, 1.165) is 17.9 Å². The molecule has 6 nitrogen and oxygen atoms in total. The van der Waals surface area contributed by atoms with Gasteiger partial charge in [0.2, 0.25) is 5.91 Å². The van der Waals surface area contributed by atoms with Crippen molar-refractivity contribution < 1.29 is 14.8 Å². The summed E-state index contributed by atoms with van der Waals surface area (Å²) in [5.74, 6) is 0.131. The van der Waals surface area contributed by atoms with Crippen LogP contribution in [0.2, 0.25) is 0 Å². The maximum atomic E-state index is 11.7. The fraction of sp³-hybridized carbons (Fsp3) is 0.778. The van der Waals surface area contributed by atoms with E-state index in [-0.39, 0.29) is 23.9 Å². The lowest BCUT2D eigenvalue weighted by Crippen LogP contribution is -2.58. The molecule has 0 saturated carbocycles. The Hall–Kier alpha value is -1.30. The molecule has 3 fully saturated rings. The number of rotatable bonds is 0. The number of amides is 3. The standard InChI is InChI=1S/C9H13N3O3/c13-8-7-5(1-2-10-8)3-6-4-11(7)9(14)12(6)15/h5-7,15H,1-4H2,(H,10,13). The molecular weight excluding hydrogens is 198 g/mol. The molecule has 3 atom stereocenters. The third-order valence-corrected chi connectivity index (χ3v) is 3.64. The molecule has 2 bridgehead atoms. The monoisotopic (exact) mass is 211 g/mol. The number of hydrogen-bond donors (Lipinski definition) is 2.